The molecule has 1 atom stereocenters. The Morgan fingerprint density at radius 3 is 2.12 bits per heavy atom. The average Bonchev–Trinajstić information content (AvgIpc) is 2.38. The van der Waals surface area contributed by atoms with Gasteiger partial charge in [-0.2, -0.15) is 0 Å². The molecule has 5 nitrogen and oxygen atoms in total. The maximum Gasteiger partial charge on any atom is 0.500 e. The van der Waals surface area contributed by atoms with Gasteiger partial charge in [0.2, 0.25) is 0 Å². The highest BCUT2D eigenvalue weighted by atomic mass is 28.4. The van der Waals surface area contributed by atoms with Crippen molar-refractivity contribution in [2.24, 2.45) is 5.92 Å². The molecule has 0 bridgehead atoms. The predicted molar refractivity (Wildman–Crippen MR) is 66.6 cm³/mol. The maximum atomic E-state index is 11.4. The Balaban J connectivity index is 3.87. The second-order valence-electron chi connectivity index (χ2n) is 3.88. The summed E-state index contributed by atoms with van der Waals surface area (Å²) in [6.45, 7) is 4.21. The highest BCUT2D eigenvalue weighted by Crippen LogP contribution is 2.15. The van der Waals surface area contributed by atoms with Crippen molar-refractivity contribution in [3.63, 3.8) is 0 Å². The van der Waals surface area contributed by atoms with Gasteiger partial charge in [0.05, 0.1) is 12.5 Å². The summed E-state index contributed by atoms with van der Waals surface area (Å²) in [6.07, 6.45) is 1.48. The summed E-state index contributed by atoms with van der Waals surface area (Å²) in [5.74, 6) is -0.184. The van der Waals surface area contributed by atoms with Crippen LogP contribution in [0, 0.1) is 5.92 Å². The molecule has 0 saturated carbocycles. The van der Waals surface area contributed by atoms with Gasteiger partial charge < -0.3 is 18.0 Å². The molecule has 0 aromatic heterocycles. The molecule has 102 valence electrons. The van der Waals surface area contributed by atoms with Crippen LogP contribution in [-0.2, 0) is 22.8 Å². The first-order chi connectivity index (χ1) is 8.05. The number of carbonyl (C=O) groups is 1. The molecule has 0 saturated heterocycles. The topological polar surface area (TPSA) is 54.0 Å². The lowest BCUT2D eigenvalue weighted by Gasteiger charge is -2.24. The molecule has 6 heteroatoms. The molecule has 0 amide bonds. The summed E-state index contributed by atoms with van der Waals surface area (Å²) in [7, 11) is 2.21. The highest BCUT2D eigenvalue weighted by Gasteiger charge is 2.37. The molecule has 0 aliphatic carbocycles. The van der Waals surface area contributed by atoms with Crippen molar-refractivity contribution >= 4 is 14.8 Å². The van der Waals surface area contributed by atoms with Gasteiger partial charge in [0, 0.05) is 27.4 Å². The fourth-order valence-electron chi connectivity index (χ4n) is 1.33. The normalized spacial score (nSPS) is 13.5. The minimum absolute atomic E-state index is 0.0377. The van der Waals surface area contributed by atoms with E-state index in [2.05, 4.69) is 0 Å². The molecule has 0 fully saturated rings. The molecule has 0 aliphatic heterocycles. The average molecular weight is 264 g/mol. The minimum Gasteiger partial charge on any atom is -0.465 e. The van der Waals surface area contributed by atoms with E-state index < -0.39 is 8.80 Å². The lowest BCUT2D eigenvalue weighted by molar-refractivity contribution is -0.148. The largest absolute Gasteiger partial charge is 0.500 e. The van der Waals surface area contributed by atoms with E-state index in [9.17, 15) is 4.79 Å². The first-order valence-electron chi connectivity index (χ1n) is 5.87. The van der Waals surface area contributed by atoms with Crippen LogP contribution >= 0.6 is 0 Å². The molecule has 0 rings (SSSR count). The van der Waals surface area contributed by atoms with Crippen molar-refractivity contribution in [2.45, 2.75) is 32.7 Å². The fourth-order valence-corrected chi connectivity index (χ4v) is 3.02. The quantitative estimate of drug-likeness (QED) is 0.361. The van der Waals surface area contributed by atoms with Crippen LogP contribution in [0.15, 0.2) is 0 Å². The monoisotopic (exact) mass is 264 g/mol. The first kappa shape index (κ1) is 16.6. The second kappa shape index (κ2) is 8.63. The standard InChI is InChI=1S/C11H24O5Si/c1-6-10(2)11(12)16-8-7-9-17(13-3,14-4)15-5/h10H,6-9H2,1-5H3. The Morgan fingerprint density at radius 2 is 1.71 bits per heavy atom. The van der Waals surface area contributed by atoms with E-state index in [1.165, 1.54) is 0 Å². The van der Waals surface area contributed by atoms with Crippen LogP contribution in [0.1, 0.15) is 26.7 Å². The van der Waals surface area contributed by atoms with Crippen LogP contribution in [0.5, 0.6) is 0 Å². The summed E-state index contributed by atoms with van der Waals surface area (Å²) in [5.41, 5.74) is 0. The van der Waals surface area contributed by atoms with Crippen LogP contribution in [0.3, 0.4) is 0 Å². The molecule has 0 spiro atoms. The van der Waals surface area contributed by atoms with Gasteiger partial charge >= 0.3 is 14.8 Å². The smallest absolute Gasteiger partial charge is 0.465 e. The van der Waals surface area contributed by atoms with Gasteiger partial charge in [0.25, 0.3) is 0 Å². The van der Waals surface area contributed by atoms with E-state index in [0.29, 0.717) is 19.1 Å². The molecule has 0 aromatic rings. The summed E-state index contributed by atoms with van der Waals surface area (Å²) in [5, 5.41) is 0. The third kappa shape index (κ3) is 5.63. The van der Waals surface area contributed by atoms with Crippen LogP contribution < -0.4 is 0 Å². The number of ether oxygens (including phenoxy) is 1. The Kier molecular flexibility index (Phi) is 8.41. The number of carbonyl (C=O) groups excluding carboxylic acids is 1. The van der Waals surface area contributed by atoms with Gasteiger partial charge in [-0.1, -0.05) is 13.8 Å². The first-order valence-corrected chi connectivity index (χ1v) is 7.80. The third-order valence-electron chi connectivity index (χ3n) is 2.82. The molecular formula is C11H24O5Si. The lowest BCUT2D eigenvalue weighted by atomic mass is 10.1. The molecular weight excluding hydrogens is 240 g/mol. The molecule has 0 N–H and O–H groups in total. The summed E-state index contributed by atoms with van der Waals surface area (Å²) < 4.78 is 20.9. The Labute approximate surface area is 105 Å². The van der Waals surface area contributed by atoms with Crippen molar-refractivity contribution in [2.75, 3.05) is 27.9 Å². The molecule has 0 heterocycles. The molecule has 1 unspecified atom stereocenters. The van der Waals surface area contributed by atoms with Gasteiger partial charge in [-0.25, -0.2) is 0 Å². The fraction of sp³-hybridized carbons (Fsp3) is 0.909. The summed E-state index contributed by atoms with van der Waals surface area (Å²) in [4.78, 5) is 11.4. The van der Waals surface area contributed by atoms with Gasteiger partial charge in [-0.05, 0) is 12.8 Å². The van der Waals surface area contributed by atoms with Crippen molar-refractivity contribution < 1.29 is 22.8 Å². The van der Waals surface area contributed by atoms with Crippen molar-refractivity contribution in [1.82, 2.24) is 0 Å². The number of hydrogen-bond donors (Lipinski definition) is 0. The third-order valence-corrected chi connectivity index (χ3v) is 5.65. The van der Waals surface area contributed by atoms with Crippen LogP contribution in [0.25, 0.3) is 0 Å². The zero-order valence-electron chi connectivity index (χ0n) is 11.4. The zero-order valence-corrected chi connectivity index (χ0v) is 12.4. The van der Waals surface area contributed by atoms with E-state index >= 15 is 0 Å². The minimum atomic E-state index is -2.52. The van der Waals surface area contributed by atoms with E-state index in [-0.39, 0.29) is 11.9 Å². The van der Waals surface area contributed by atoms with Gasteiger partial charge in [-0.15, -0.1) is 0 Å². The Hall–Kier alpha value is -0.433. The van der Waals surface area contributed by atoms with Crippen molar-refractivity contribution in [1.29, 1.82) is 0 Å². The summed E-state index contributed by atoms with van der Waals surface area (Å²) in [6, 6.07) is 0.643. The van der Waals surface area contributed by atoms with Crippen LogP contribution in [-0.4, -0.2) is 42.7 Å². The number of hydrogen-bond acceptors (Lipinski definition) is 5. The van der Waals surface area contributed by atoms with Gasteiger partial charge in [0.1, 0.15) is 0 Å². The zero-order chi connectivity index (χ0) is 13.3. The SMILES string of the molecule is CCC(C)C(=O)OCCC[Si](OC)(OC)OC. The van der Waals surface area contributed by atoms with E-state index in [1.54, 1.807) is 21.3 Å². The highest BCUT2D eigenvalue weighted by molar-refractivity contribution is 6.60. The second-order valence-corrected chi connectivity index (χ2v) is 6.97. The maximum absolute atomic E-state index is 11.4. The Bertz CT molecular complexity index is 210. The molecule has 0 aliphatic rings. The van der Waals surface area contributed by atoms with Crippen LogP contribution in [0.4, 0.5) is 0 Å². The van der Waals surface area contributed by atoms with Gasteiger partial charge in [0.15, 0.2) is 0 Å². The molecule has 17 heavy (non-hydrogen) atoms. The summed E-state index contributed by atoms with van der Waals surface area (Å²) >= 11 is 0. The van der Waals surface area contributed by atoms with E-state index in [1.807, 2.05) is 13.8 Å². The molecule has 0 aromatic carbocycles. The number of rotatable bonds is 9. The van der Waals surface area contributed by atoms with Crippen molar-refractivity contribution in [3.05, 3.63) is 0 Å². The van der Waals surface area contributed by atoms with E-state index in [4.69, 9.17) is 18.0 Å². The van der Waals surface area contributed by atoms with E-state index in [0.717, 1.165) is 6.42 Å². The number of esters is 1. The van der Waals surface area contributed by atoms with Crippen molar-refractivity contribution in [3.8, 4) is 0 Å². The van der Waals surface area contributed by atoms with Crippen LogP contribution in [0.2, 0.25) is 6.04 Å². The Morgan fingerprint density at radius 1 is 1.18 bits per heavy atom. The lowest BCUT2D eigenvalue weighted by Crippen LogP contribution is -2.42. The van der Waals surface area contributed by atoms with Gasteiger partial charge in [-0.3, -0.25) is 4.79 Å². The molecule has 0 radical (unpaired) electrons. The predicted octanol–water partition coefficient (Wildman–Crippen LogP) is 1.84.